The van der Waals surface area contributed by atoms with E-state index in [0.29, 0.717) is 17.5 Å². The van der Waals surface area contributed by atoms with E-state index in [9.17, 15) is 0 Å². The fourth-order valence-electron chi connectivity index (χ4n) is 11.8. The number of thiophene rings is 1. The summed E-state index contributed by atoms with van der Waals surface area (Å²) in [5.74, 6) is 1.90. The van der Waals surface area contributed by atoms with E-state index in [1.807, 2.05) is 11.3 Å². The average Bonchev–Trinajstić information content (AvgIpc) is 4.04. The van der Waals surface area contributed by atoms with Crippen molar-refractivity contribution in [2.75, 3.05) is 0 Å². The van der Waals surface area contributed by atoms with E-state index < -0.39 is 0 Å². The number of nitrogens with zero attached hydrogens (tertiary/aromatic N) is 4. The lowest BCUT2D eigenvalue weighted by Crippen LogP contribution is -2.15. The molecule has 0 aliphatic heterocycles. The van der Waals surface area contributed by atoms with Crippen molar-refractivity contribution in [2.45, 2.75) is 19.3 Å². The molecule has 0 bridgehead atoms. The molecule has 0 amide bonds. The van der Waals surface area contributed by atoms with Gasteiger partial charge in [0, 0.05) is 58.4 Å². The molecule has 1 aliphatic carbocycles. The number of para-hydroxylation sites is 2. The second-order valence-corrected chi connectivity index (χ2v) is 20.6. The third kappa shape index (κ3) is 6.00. The fraction of sp³-hybridized carbons (Fsp3) is 0.0455. The van der Waals surface area contributed by atoms with Crippen LogP contribution in [0.4, 0.5) is 0 Å². The van der Waals surface area contributed by atoms with Crippen LogP contribution < -0.4 is 0 Å². The summed E-state index contributed by atoms with van der Waals surface area (Å²) in [5.41, 5.74) is 18.4. The molecule has 15 rings (SSSR count). The summed E-state index contributed by atoms with van der Waals surface area (Å²) < 4.78 is 5.10. The molecule has 14 aromatic rings. The van der Waals surface area contributed by atoms with Crippen LogP contribution in [0.25, 0.3) is 137 Å². The van der Waals surface area contributed by atoms with E-state index >= 15 is 0 Å². The molecule has 1 aliphatic rings. The van der Waals surface area contributed by atoms with Gasteiger partial charge in [0.25, 0.3) is 0 Å². The summed E-state index contributed by atoms with van der Waals surface area (Å²) in [5, 5.41) is 7.76. The summed E-state index contributed by atoms with van der Waals surface area (Å²) in [6.07, 6.45) is 0. The first-order chi connectivity index (χ1) is 34.9. The van der Waals surface area contributed by atoms with Crippen LogP contribution in [0.15, 0.2) is 218 Å². The minimum atomic E-state index is -0.172. The first-order valence-corrected chi connectivity index (χ1v) is 25.2. The predicted octanol–water partition coefficient (Wildman–Crippen LogP) is 17.7. The highest BCUT2D eigenvalue weighted by Crippen LogP contribution is 2.51. The number of hydrogen-bond acceptors (Lipinski definition) is 4. The maximum absolute atomic E-state index is 5.36. The molecular weight excluding hydrogens is 881 g/mol. The zero-order chi connectivity index (χ0) is 47.0. The van der Waals surface area contributed by atoms with Gasteiger partial charge in [0.1, 0.15) is 0 Å². The first kappa shape index (κ1) is 40.1. The van der Waals surface area contributed by atoms with Gasteiger partial charge >= 0.3 is 0 Å². The molecule has 0 radical (unpaired) electrons. The number of benzene rings is 10. The molecule has 4 aromatic heterocycles. The SMILES string of the molecule is CC1(C)c2ccccc2-c2ccc(-c3nc(-c4ccc(-c5ccc6c7ccccc7n7c8ccccc8c8ccc9sc5c6c9c87)cc4)nc(-c4cc(-c5ccccc5)cc(-c5ccccc5)c4)n3)cc21. The van der Waals surface area contributed by atoms with E-state index in [0.717, 1.165) is 44.5 Å². The maximum atomic E-state index is 5.36. The number of rotatable bonds is 6. The third-order valence-corrected chi connectivity index (χ3v) is 16.4. The van der Waals surface area contributed by atoms with Crippen LogP contribution in [0, 0.1) is 0 Å². The maximum Gasteiger partial charge on any atom is 0.164 e. The number of aromatic nitrogens is 4. The van der Waals surface area contributed by atoms with Gasteiger partial charge in [-0.25, -0.2) is 15.0 Å². The summed E-state index contributed by atoms with van der Waals surface area (Å²) in [6.45, 7) is 4.64. The van der Waals surface area contributed by atoms with Gasteiger partial charge in [0.05, 0.1) is 16.6 Å². The summed E-state index contributed by atoms with van der Waals surface area (Å²) in [4.78, 5) is 16.1. The average molecular weight is 923 g/mol. The lowest BCUT2D eigenvalue weighted by Gasteiger charge is -2.21. The van der Waals surface area contributed by atoms with Crippen LogP contribution in [0.1, 0.15) is 25.0 Å². The highest BCUT2D eigenvalue weighted by atomic mass is 32.1. The van der Waals surface area contributed by atoms with Crippen LogP contribution in [0.3, 0.4) is 0 Å². The molecule has 10 aromatic carbocycles. The molecular formula is C66H42N4S. The highest BCUT2D eigenvalue weighted by Gasteiger charge is 2.35. The van der Waals surface area contributed by atoms with Crippen molar-refractivity contribution in [3.63, 3.8) is 0 Å². The Bertz CT molecular complexity index is 4410. The van der Waals surface area contributed by atoms with Crippen molar-refractivity contribution in [1.82, 2.24) is 19.4 Å². The van der Waals surface area contributed by atoms with Gasteiger partial charge in [-0.15, -0.1) is 11.3 Å². The monoisotopic (exact) mass is 922 g/mol. The summed E-state index contributed by atoms with van der Waals surface area (Å²) in [6, 6.07) is 79.3. The predicted molar refractivity (Wildman–Crippen MR) is 298 cm³/mol. The molecule has 71 heavy (non-hydrogen) atoms. The molecule has 5 heteroatoms. The minimum absolute atomic E-state index is 0.172. The lowest BCUT2D eigenvalue weighted by atomic mass is 9.82. The Labute approximate surface area is 414 Å². The van der Waals surface area contributed by atoms with Gasteiger partial charge in [0.15, 0.2) is 17.5 Å². The van der Waals surface area contributed by atoms with Gasteiger partial charge in [0.2, 0.25) is 0 Å². The molecule has 332 valence electrons. The minimum Gasteiger partial charge on any atom is -0.308 e. The standard InChI is InChI=1S/C66H42N4S/c1-66(2)54-22-12-9-19-48(54)49-30-29-43(38-55(49)66)64-67-63(68-65(69-64)46-36-44(39-15-5-3-6-16-39)35-45(37-46)40-17-7-4-8-18-40)42-27-25-41(26-28-42)47-31-32-52-50-20-10-13-23-56(50)70-57-24-14-11-21-51(57)53-33-34-58-60(61(53)70)59(52)62(47)71-58/h3-38H,1-2H3. The van der Waals surface area contributed by atoms with Crippen LogP contribution in [-0.4, -0.2) is 19.4 Å². The van der Waals surface area contributed by atoms with E-state index in [4.69, 9.17) is 15.0 Å². The Kier molecular flexibility index (Phi) is 8.55. The van der Waals surface area contributed by atoms with E-state index in [-0.39, 0.29) is 5.41 Å². The van der Waals surface area contributed by atoms with Gasteiger partial charge in [-0.1, -0.05) is 190 Å². The van der Waals surface area contributed by atoms with Crippen LogP contribution in [0.2, 0.25) is 0 Å². The molecule has 0 spiro atoms. The zero-order valence-electron chi connectivity index (χ0n) is 39.0. The second kappa shape index (κ2) is 15.1. The molecule has 0 atom stereocenters. The van der Waals surface area contributed by atoms with Crippen LogP contribution in [-0.2, 0) is 5.41 Å². The Morgan fingerprint density at radius 2 is 0.873 bits per heavy atom. The summed E-state index contributed by atoms with van der Waals surface area (Å²) in [7, 11) is 0. The molecule has 4 nitrogen and oxygen atoms in total. The lowest BCUT2D eigenvalue weighted by molar-refractivity contribution is 0.660. The van der Waals surface area contributed by atoms with Crippen molar-refractivity contribution < 1.29 is 0 Å². The number of hydrogen-bond donors (Lipinski definition) is 0. The van der Waals surface area contributed by atoms with Crippen molar-refractivity contribution in [3.8, 4) is 78.7 Å². The topological polar surface area (TPSA) is 43.1 Å². The number of fused-ring (bicyclic) bond motifs is 9. The fourth-order valence-corrected chi connectivity index (χ4v) is 13.0. The largest absolute Gasteiger partial charge is 0.308 e. The Morgan fingerprint density at radius 3 is 1.58 bits per heavy atom. The van der Waals surface area contributed by atoms with Crippen LogP contribution >= 0.6 is 11.3 Å². The molecule has 0 N–H and O–H groups in total. The third-order valence-electron chi connectivity index (χ3n) is 15.2. The normalized spacial score (nSPS) is 13.0. The van der Waals surface area contributed by atoms with E-state index in [1.54, 1.807) is 0 Å². The van der Waals surface area contributed by atoms with Crippen molar-refractivity contribution in [1.29, 1.82) is 0 Å². The molecule has 0 unspecified atom stereocenters. The first-order valence-electron chi connectivity index (χ1n) is 24.3. The Hall–Kier alpha value is -8.77. The smallest absolute Gasteiger partial charge is 0.164 e. The van der Waals surface area contributed by atoms with Crippen molar-refractivity contribution in [2.24, 2.45) is 0 Å². The van der Waals surface area contributed by atoms with E-state index in [2.05, 4.69) is 237 Å². The van der Waals surface area contributed by atoms with Crippen molar-refractivity contribution in [3.05, 3.63) is 230 Å². The molecule has 0 saturated heterocycles. The van der Waals surface area contributed by atoms with Gasteiger partial charge < -0.3 is 4.40 Å². The van der Waals surface area contributed by atoms with Gasteiger partial charge in [-0.3, -0.25) is 0 Å². The summed E-state index contributed by atoms with van der Waals surface area (Å²) >= 11 is 1.90. The van der Waals surface area contributed by atoms with Gasteiger partial charge in [-0.2, -0.15) is 0 Å². The Morgan fingerprint density at radius 1 is 0.352 bits per heavy atom. The molecule has 0 saturated carbocycles. The Balaban J connectivity index is 0.912. The van der Waals surface area contributed by atoms with Crippen molar-refractivity contribution >= 4 is 69.6 Å². The van der Waals surface area contributed by atoms with Crippen LogP contribution in [0.5, 0.6) is 0 Å². The second-order valence-electron chi connectivity index (χ2n) is 19.5. The highest BCUT2D eigenvalue weighted by molar-refractivity contribution is 7.26. The van der Waals surface area contributed by atoms with Gasteiger partial charge in [-0.05, 0) is 103 Å². The molecule has 0 fully saturated rings. The molecule has 4 heterocycles. The van der Waals surface area contributed by atoms with E-state index in [1.165, 1.54) is 86.1 Å². The quantitative estimate of drug-likeness (QED) is 0.167. The zero-order valence-corrected chi connectivity index (χ0v) is 39.8.